The lowest BCUT2D eigenvalue weighted by atomic mass is 10.2. The molecule has 1 N–H and O–H groups in total. The molecule has 0 unspecified atom stereocenters. The maximum absolute atomic E-state index is 12.7. The molecule has 0 bridgehead atoms. The van der Waals surface area contributed by atoms with Crippen LogP contribution in [0.15, 0.2) is 12.1 Å². The molecule has 2 nitrogen and oxygen atoms in total. The molecule has 0 aliphatic heterocycles. The second-order valence-electron chi connectivity index (χ2n) is 2.28. The van der Waals surface area contributed by atoms with Crippen molar-refractivity contribution < 1.29 is 14.2 Å². The maximum atomic E-state index is 12.7. The van der Waals surface area contributed by atoms with Crippen LogP contribution in [-0.4, -0.2) is 12.2 Å². The Kier molecular flexibility index (Phi) is 1.98. The van der Waals surface area contributed by atoms with E-state index in [0.29, 0.717) is 11.3 Å². The van der Waals surface area contributed by atoms with Gasteiger partial charge in [0.05, 0.1) is 7.11 Å². The van der Waals surface area contributed by atoms with Crippen molar-refractivity contribution in [2.75, 3.05) is 7.11 Å². The molecule has 3 heteroatoms. The van der Waals surface area contributed by atoms with Gasteiger partial charge in [0.1, 0.15) is 5.75 Å². The molecule has 0 fully saturated rings. The van der Waals surface area contributed by atoms with E-state index in [-0.39, 0.29) is 5.75 Å². The van der Waals surface area contributed by atoms with Crippen molar-refractivity contribution in [3.05, 3.63) is 23.5 Å². The zero-order chi connectivity index (χ0) is 8.43. The van der Waals surface area contributed by atoms with E-state index >= 15 is 0 Å². The number of ether oxygens (including phenoxy) is 1. The third kappa shape index (κ3) is 1.42. The van der Waals surface area contributed by atoms with Gasteiger partial charge < -0.3 is 9.84 Å². The van der Waals surface area contributed by atoms with Gasteiger partial charge in [-0.1, -0.05) is 0 Å². The number of benzene rings is 1. The molecule has 60 valence electrons. The highest BCUT2D eigenvalue weighted by Crippen LogP contribution is 2.25. The number of phenols is 1. The van der Waals surface area contributed by atoms with Gasteiger partial charge in [-0.05, 0) is 18.6 Å². The minimum Gasteiger partial charge on any atom is -0.505 e. The number of aryl methyl sites for hydroxylation is 1. The van der Waals surface area contributed by atoms with E-state index in [4.69, 9.17) is 9.84 Å². The number of rotatable bonds is 1. The van der Waals surface area contributed by atoms with Gasteiger partial charge in [-0.2, -0.15) is 0 Å². The predicted molar refractivity (Wildman–Crippen MR) is 39.4 cm³/mol. The highest BCUT2D eigenvalue weighted by molar-refractivity contribution is 5.38. The molecule has 0 amide bonds. The Morgan fingerprint density at radius 1 is 1.45 bits per heavy atom. The zero-order valence-electron chi connectivity index (χ0n) is 6.39. The van der Waals surface area contributed by atoms with E-state index < -0.39 is 5.82 Å². The van der Waals surface area contributed by atoms with Crippen molar-refractivity contribution in [1.82, 2.24) is 0 Å². The van der Waals surface area contributed by atoms with Gasteiger partial charge in [-0.15, -0.1) is 0 Å². The molecule has 0 aliphatic carbocycles. The van der Waals surface area contributed by atoms with Crippen LogP contribution in [-0.2, 0) is 0 Å². The van der Waals surface area contributed by atoms with Crippen LogP contribution < -0.4 is 4.74 Å². The molecule has 0 aliphatic rings. The van der Waals surface area contributed by atoms with Gasteiger partial charge in [0.2, 0.25) is 0 Å². The van der Waals surface area contributed by atoms with Crippen LogP contribution >= 0.6 is 0 Å². The molecule has 0 saturated carbocycles. The van der Waals surface area contributed by atoms with Crippen molar-refractivity contribution in [2.45, 2.75) is 6.92 Å². The lowest BCUT2D eigenvalue weighted by Gasteiger charge is -2.03. The van der Waals surface area contributed by atoms with Crippen molar-refractivity contribution in [1.29, 1.82) is 0 Å². The summed E-state index contributed by atoms with van der Waals surface area (Å²) in [5.74, 6) is -0.506. The molecular formula is C8H9FO2. The van der Waals surface area contributed by atoms with E-state index in [0.717, 1.165) is 0 Å². The molecule has 1 aromatic carbocycles. The normalized spacial score (nSPS) is 9.73. The van der Waals surface area contributed by atoms with E-state index in [2.05, 4.69) is 0 Å². The Hall–Kier alpha value is -1.25. The second kappa shape index (κ2) is 2.78. The fraction of sp³-hybridized carbons (Fsp3) is 0.250. The van der Waals surface area contributed by atoms with Crippen molar-refractivity contribution in [3.8, 4) is 11.5 Å². The lowest BCUT2D eigenvalue weighted by Crippen LogP contribution is -1.87. The van der Waals surface area contributed by atoms with Crippen LogP contribution in [0.1, 0.15) is 5.56 Å². The monoisotopic (exact) mass is 156 g/mol. The summed E-state index contributed by atoms with van der Waals surface area (Å²) in [6.45, 7) is 1.57. The summed E-state index contributed by atoms with van der Waals surface area (Å²) in [7, 11) is 1.46. The first-order valence-electron chi connectivity index (χ1n) is 3.18. The SMILES string of the molecule is COc1cc(C)c(F)c(O)c1. The van der Waals surface area contributed by atoms with Gasteiger partial charge >= 0.3 is 0 Å². The summed E-state index contributed by atoms with van der Waals surface area (Å²) in [4.78, 5) is 0. The van der Waals surface area contributed by atoms with Crippen LogP contribution in [0.5, 0.6) is 11.5 Å². The van der Waals surface area contributed by atoms with Gasteiger partial charge in [0.25, 0.3) is 0 Å². The van der Waals surface area contributed by atoms with E-state index in [1.807, 2.05) is 0 Å². The first-order valence-corrected chi connectivity index (χ1v) is 3.18. The Balaban J connectivity index is 3.21. The summed E-state index contributed by atoms with van der Waals surface area (Å²) in [5, 5.41) is 8.96. The summed E-state index contributed by atoms with van der Waals surface area (Å²) in [6, 6.07) is 2.76. The van der Waals surface area contributed by atoms with Crippen molar-refractivity contribution >= 4 is 0 Å². The Morgan fingerprint density at radius 3 is 2.55 bits per heavy atom. The number of phenolic OH excluding ortho intramolecular Hbond substituents is 1. The van der Waals surface area contributed by atoms with Crippen molar-refractivity contribution in [2.24, 2.45) is 0 Å². The fourth-order valence-corrected chi connectivity index (χ4v) is 0.836. The second-order valence-corrected chi connectivity index (χ2v) is 2.28. The Morgan fingerprint density at radius 2 is 2.09 bits per heavy atom. The summed E-state index contributed by atoms with van der Waals surface area (Å²) < 4.78 is 17.5. The van der Waals surface area contributed by atoms with Crippen molar-refractivity contribution in [3.63, 3.8) is 0 Å². The third-order valence-electron chi connectivity index (χ3n) is 1.44. The fourth-order valence-electron chi connectivity index (χ4n) is 0.836. The van der Waals surface area contributed by atoms with E-state index in [9.17, 15) is 4.39 Å². The average Bonchev–Trinajstić information content (AvgIpc) is 1.99. The topological polar surface area (TPSA) is 29.5 Å². The minimum atomic E-state index is -0.592. The molecule has 0 heterocycles. The number of methoxy groups -OCH3 is 1. The Bertz CT molecular complexity index is 248. The predicted octanol–water partition coefficient (Wildman–Crippen LogP) is 1.85. The largest absolute Gasteiger partial charge is 0.505 e. The first kappa shape index (κ1) is 7.85. The smallest absolute Gasteiger partial charge is 0.167 e. The average molecular weight is 156 g/mol. The van der Waals surface area contributed by atoms with Crippen LogP contribution in [0, 0.1) is 12.7 Å². The molecule has 0 aromatic heterocycles. The minimum absolute atomic E-state index is 0.373. The standard InChI is InChI=1S/C8H9FO2/c1-5-3-6(11-2)4-7(10)8(5)9/h3-4,10H,1-2H3. The summed E-state index contributed by atoms with van der Waals surface area (Å²) in [6.07, 6.45) is 0. The maximum Gasteiger partial charge on any atom is 0.167 e. The molecule has 0 saturated heterocycles. The third-order valence-corrected chi connectivity index (χ3v) is 1.44. The van der Waals surface area contributed by atoms with E-state index in [1.54, 1.807) is 6.92 Å². The highest BCUT2D eigenvalue weighted by Gasteiger charge is 2.05. The zero-order valence-corrected chi connectivity index (χ0v) is 6.39. The Labute approximate surface area is 64.2 Å². The lowest BCUT2D eigenvalue weighted by molar-refractivity contribution is 0.395. The van der Waals surface area contributed by atoms with Gasteiger partial charge in [-0.25, -0.2) is 4.39 Å². The van der Waals surface area contributed by atoms with Gasteiger partial charge in [0, 0.05) is 6.07 Å². The van der Waals surface area contributed by atoms with Crippen LogP contribution in [0.25, 0.3) is 0 Å². The quantitative estimate of drug-likeness (QED) is 0.672. The number of aromatic hydroxyl groups is 1. The van der Waals surface area contributed by atoms with Gasteiger partial charge in [0.15, 0.2) is 11.6 Å². The number of hydrogen-bond acceptors (Lipinski definition) is 2. The van der Waals surface area contributed by atoms with Crippen LogP contribution in [0.3, 0.4) is 0 Å². The van der Waals surface area contributed by atoms with Gasteiger partial charge in [-0.3, -0.25) is 0 Å². The first-order chi connectivity index (χ1) is 5.15. The number of halogens is 1. The van der Waals surface area contributed by atoms with E-state index in [1.165, 1.54) is 19.2 Å². The number of hydrogen-bond donors (Lipinski definition) is 1. The molecule has 0 radical (unpaired) electrons. The van der Waals surface area contributed by atoms with Crippen LogP contribution in [0.2, 0.25) is 0 Å². The van der Waals surface area contributed by atoms with Crippen LogP contribution in [0.4, 0.5) is 4.39 Å². The molecule has 1 rings (SSSR count). The molecule has 1 aromatic rings. The summed E-state index contributed by atoms with van der Waals surface area (Å²) in [5.41, 5.74) is 0.377. The molecular weight excluding hydrogens is 147 g/mol. The molecule has 0 spiro atoms. The summed E-state index contributed by atoms with van der Waals surface area (Å²) >= 11 is 0. The highest BCUT2D eigenvalue weighted by atomic mass is 19.1. The molecule has 11 heavy (non-hydrogen) atoms. The molecule has 0 atom stereocenters.